The third kappa shape index (κ3) is 3.37. The number of aryl methyl sites for hydroxylation is 2. The normalized spacial score (nSPS) is 10.3. The van der Waals surface area contributed by atoms with Gasteiger partial charge in [0.25, 0.3) is 0 Å². The van der Waals surface area contributed by atoms with E-state index in [0.29, 0.717) is 5.75 Å². The maximum Gasteiger partial charge on any atom is 0.335 e. The standard InChI is InChI=1S/C19H20O3/c1-4-13-7-9-15(11-17(13)20)16-10-8-14(5-2)18(12-16)22-19(21)6-3/h6-12,20H,3-5H2,1-2H3. The number of benzene rings is 2. The van der Waals surface area contributed by atoms with E-state index < -0.39 is 5.97 Å². The van der Waals surface area contributed by atoms with Crippen LogP contribution in [0.1, 0.15) is 25.0 Å². The summed E-state index contributed by atoms with van der Waals surface area (Å²) in [6.45, 7) is 7.42. The minimum Gasteiger partial charge on any atom is -0.508 e. The molecule has 0 aromatic heterocycles. The van der Waals surface area contributed by atoms with E-state index in [1.54, 1.807) is 6.07 Å². The molecule has 2 aromatic rings. The van der Waals surface area contributed by atoms with Gasteiger partial charge in [-0.3, -0.25) is 0 Å². The number of rotatable bonds is 5. The van der Waals surface area contributed by atoms with Gasteiger partial charge < -0.3 is 9.84 Å². The summed E-state index contributed by atoms with van der Waals surface area (Å²) in [5.41, 5.74) is 3.64. The minimum absolute atomic E-state index is 0.282. The Bertz CT molecular complexity index is 702. The summed E-state index contributed by atoms with van der Waals surface area (Å²) in [6.07, 6.45) is 2.69. The van der Waals surface area contributed by atoms with Gasteiger partial charge in [-0.2, -0.15) is 0 Å². The molecule has 114 valence electrons. The molecule has 0 saturated carbocycles. The number of hydrogen-bond acceptors (Lipinski definition) is 3. The number of carbonyl (C=O) groups excluding carboxylic acids is 1. The molecule has 0 amide bonds. The molecule has 1 N–H and O–H groups in total. The van der Waals surface area contributed by atoms with Gasteiger partial charge >= 0.3 is 5.97 Å². The largest absolute Gasteiger partial charge is 0.508 e. The fourth-order valence-corrected chi connectivity index (χ4v) is 2.31. The van der Waals surface area contributed by atoms with Crippen LogP contribution in [0.5, 0.6) is 11.5 Å². The van der Waals surface area contributed by atoms with Crippen LogP contribution in [-0.2, 0) is 17.6 Å². The maximum atomic E-state index is 11.5. The molecule has 0 aliphatic heterocycles. The third-order valence-corrected chi connectivity index (χ3v) is 3.62. The van der Waals surface area contributed by atoms with Gasteiger partial charge in [-0.25, -0.2) is 4.79 Å². The Morgan fingerprint density at radius 1 is 1.09 bits per heavy atom. The van der Waals surface area contributed by atoms with Crippen molar-refractivity contribution in [2.75, 3.05) is 0 Å². The summed E-state index contributed by atoms with van der Waals surface area (Å²) in [5, 5.41) is 10.0. The lowest BCUT2D eigenvalue weighted by Crippen LogP contribution is -2.05. The second-order valence-corrected chi connectivity index (χ2v) is 5.00. The van der Waals surface area contributed by atoms with Crippen molar-refractivity contribution < 1.29 is 14.6 Å². The van der Waals surface area contributed by atoms with Gasteiger partial charge in [0.15, 0.2) is 0 Å². The lowest BCUT2D eigenvalue weighted by atomic mass is 9.99. The van der Waals surface area contributed by atoms with Gasteiger partial charge in [-0.05, 0) is 47.2 Å². The molecule has 0 spiro atoms. The van der Waals surface area contributed by atoms with Crippen LogP contribution in [0.4, 0.5) is 0 Å². The van der Waals surface area contributed by atoms with E-state index in [-0.39, 0.29) is 5.75 Å². The Balaban J connectivity index is 2.43. The molecule has 0 saturated heterocycles. The first-order chi connectivity index (χ1) is 10.6. The van der Waals surface area contributed by atoms with Gasteiger partial charge in [0.2, 0.25) is 0 Å². The predicted octanol–water partition coefficient (Wildman–Crippen LogP) is 4.28. The zero-order valence-corrected chi connectivity index (χ0v) is 12.9. The lowest BCUT2D eigenvalue weighted by Gasteiger charge is -2.11. The van der Waals surface area contributed by atoms with Gasteiger partial charge in [0, 0.05) is 6.08 Å². The highest BCUT2D eigenvalue weighted by molar-refractivity contribution is 5.84. The smallest absolute Gasteiger partial charge is 0.335 e. The first-order valence-corrected chi connectivity index (χ1v) is 7.38. The van der Waals surface area contributed by atoms with Gasteiger partial charge in [-0.15, -0.1) is 0 Å². The van der Waals surface area contributed by atoms with Crippen molar-refractivity contribution in [2.45, 2.75) is 26.7 Å². The van der Waals surface area contributed by atoms with E-state index in [2.05, 4.69) is 6.58 Å². The van der Waals surface area contributed by atoms with E-state index in [1.807, 2.05) is 44.2 Å². The van der Waals surface area contributed by atoms with Crippen molar-refractivity contribution in [3.05, 3.63) is 60.2 Å². The fourth-order valence-electron chi connectivity index (χ4n) is 2.31. The summed E-state index contributed by atoms with van der Waals surface area (Å²) in [5.74, 6) is 0.337. The van der Waals surface area contributed by atoms with Crippen LogP contribution in [-0.4, -0.2) is 11.1 Å². The number of ether oxygens (including phenoxy) is 1. The monoisotopic (exact) mass is 296 g/mol. The van der Waals surface area contributed by atoms with Crippen molar-refractivity contribution in [1.29, 1.82) is 0 Å². The van der Waals surface area contributed by atoms with Gasteiger partial charge in [-0.1, -0.05) is 44.7 Å². The number of esters is 1. The van der Waals surface area contributed by atoms with Crippen LogP contribution in [0.25, 0.3) is 11.1 Å². The number of hydrogen-bond donors (Lipinski definition) is 1. The summed E-state index contributed by atoms with van der Waals surface area (Å²) in [6, 6.07) is 11.3. The van der Waals surface area contributed by atoms with E-state index >= 15 is 0 Å². The highest BCUT2D eigenvalue weighted by atomic mass is 16.5. The Hall–Kier alpha value is -2.55. The van der Waals surface area contributed by atoms with Crippen molar-refractivity contribution in [2.24, 2.45) is 0 Å². The van der Waals surface area contributed by atoms with E-state index in [1.165, 1.54) is 0 Å². The summed E-state index contributed by atoms with van der Waals surface area (Å²) < 4.78 is 5.30. The van der Waals surface area contributed by atoms with Crippen LogP contribution in [0.15, 0.2) is 49.1 Å². The van der Waals surface area contributed by atoms with Gasteiger partial charge in [0.05, 0.1) is 0 Å². The molecule has 22 heavy (non-hydrogen) atoms. The Morgan fingerprint density at radius 2 is 1.68 bits per heavy atom. The van der Waals surface area contributed by atoms with Crippen LogP contribution in [0.3, 0.4) is 0 Å². The number of carbonyl (C=O) groups is 1. The molecular formula is C19H20O3. The van der Waals surface area contributed by atoms with Crippen LogP contribution < -0.4 is 4.74 Å². The van der Waals surface area contributed by atoms with Gasteiger partial charge in [0.1, 0.15) is 11.5 Å². The SMILES string of the molecule is C=CC(=O)Oc1cc(-c2ccc(CC)c(O)c2)ccc1CC. The first kappa shape index (κ1) is 15.8. The van der Waals surface area contributed by atoms with Crippen molar-refractivity contribution >= 4 is 5.97 Å². The molecule has 0 unspecified atom stereocenters. The predicted molar refractivity (Wildman–Crippen MR) is 88.1 cm³/mol. The average molecular weight is 296 g/mol. The fraction of sp³-hybridized carbons (Fsp3) is 0.211. The molecule has 0 fully saturated rings. The van der Waals surface area contributed by atoms with E-state index in [0.717, 1.165) is 41.2 Å². The molecule has 0 aliphatic rings. The van der Waals surface area contributed by atoms with Crippen molar-refractivity contribution in [3.63, 3.8) is 0 Å². The quantitative estimate of drug-likeness (QED) is 0.509. The van der Waals surface area contributed by atoms with Crippen molar-refractivity contribution in [1.82, 2.24) is 0 Å². The average Bonchev–Trinajstić information content (AvgIpc) is 2.54. The van der Waals surface area contributed by atoms with Crippen LogP contribution >= 0.6 is 0 Å². The molecule has 0 atom stereocenters. The summed E-state index contributed by atoms with van der Waals surface area (Å²) in [4.78, 5) is 11.5. The Morgan fingerprint density at radius 3 is 2.23 bits per heavy atom. The maximum absolute atomic E-state index is 11.5. The molecular weight excluding hydrogens is 276 g/mol. The Labute approximate surface area is 130 Å². The topological polar surface area (TPSA) is 46.5 Å². The molecule has 0 heterocycles. The first-order valence-electron chi connectivity index (χ1n) is 7.38. The lowest BCUT2D eigenvalue weighted by molar-refractivity contribution is -0.129. The van der Waals surface area contributed by atoms with E-state index in [4.69, 9.17) is 4.74 Å². The Kier molecular flexibility index (Phi) is 4.99. The summed E-state index contributed by atoms with van der Waals surface area (Å²) in [7, 11) is 0. The highest BCUT2D eigenvalue weighted by Crippen LogP contribution is 2.31. The highest BCUT2D eigenvalue weighted by Gasteiger charge is 2.09. The molecule has 0 aliphatic carbocycles. The van der Waals surface area contributed by atoms with Crippen LogP contribution in [0.2, 0.25) is 0 Å². The zero-order chi connectivity index (χ0) is 16.1. The minimum atomic E-state index is -0.476. The molecule has 2 rings (SSSR count). The number of aromatic hydroxyl groups is 1. The van der Waals surface area contributed by atoms with Crippen LogP contribution in [0, 0.1) is 0 Å². The third-order valence-electron chi connectivity index (χ3n) is 3.62. The molecule has 0 bridgehead atoms. The number of phenols is 1. The van der Waals surface area contributed by atoms with Crippen molar-refractivity contribution in [3.8, 4) is 22.6 Å². The van der Waals surface area contributed by atoms with E-state index in [9.17, 15) is 9.90 Å². The molecule has 3 heteroatoms. The molecule has 2 aromatic carbocycles. The summed E-state index contributed by atoms with van der Waals surface area (Å²) >= 11 is 0. The molecule has 3 nitrogen and oxygen atoms in total. The molecule has 0 radical (unpaired) electrons. The second kappa shape index (κ2) is 6.94. The second-order valence-electron chi connectivity index (χ2n) is 5.00. The zero-order valence-electron chi connectivity index (χ0n) is 12.9. The number of phenolic OH excluding ortho intramolecular Hbond substituents is 1.